The molecule has 0 aliphatic heterocycles. The van der Waals surface area contributed by atoms with Crippen LogP contribution >= 0.6 is 0 Å². The van der Waals surface area contributed by atoms with Crippen LogP contribution in [0.25, 0.3) is 0 Å². The van der Waals surface area contributed by atoms with E-state index in [2.05, 4.69) is 154 Å². The van der Waals surface area contributed by atoms with Gasteiger partial charge >= 0.3 is 17.9 Å². The van der Waals surface area contributed by atoms with Gasteiger partial charge in [-0.1, -0.05) is 264 Å². The highest BCUT2D eigenvalue weighted by atomic mass is 16.6. The normalized spacial score (nSPS) is 13.1. The predicted molar refractivity (Wildman–Crippen MR) is 320 cm³/mol. The van der Waals surface area contributed by atoms with Gasteiger partial charge in [0.15, 0.2) is 6.10 Å². The molecule has 0 aromatic carbocycles. The summed E-state index contributed by atoms with van der Waals surface area (Å²) in [5.41, 5.74) is 0. The van der Waals surface area contributed by atoms with Gasteiger partial charge in [0.25, 0.3) is 0 Å². The van der Waals surface area contributed by atoms with E-state index in [1.165, 1.54) is 89.9 Å². The van der Waals surface area contributed by atoms with Crippen molar-refractivity contribution in [3.8, 4) is 0 Å². The second-order valence-electron chi connectivity index (χ2n) is 19.5. The van der Waals surface area contributed by atoms with E-state index in [0.29, 0.717) is 19.3 Å². The SMILES string of the molecule is CC/C=C\C/C=C\C/C=C\C/C=C\C/C=C\C/C=C\C/C=C\CCCC(=O)OCC(COC(=O)CCCCCCCCCCCCCC)OC(=O)CCCCCCCCCC/C=C\C/C=C\C/C=C\C/C=C\CC. The lowest BCUT2D eigenvalue weighted by molar-refractivity contribution is -0.167. The highest BCUT2D eigenvalue weighted by molar-refractivity contribution is 5.71. The third-order valence-electron chi connectivity index (χ3n) is 12.4. The van der Waals surface area contributed by atoms with Crippen molar-refractivity contribution in [2.75, 3.05) is 13.2 Å². The molecule has 0 amide bonds. The lowest BCUT2D eigenvalue weighted by atomic mass is 10.0. The van der Waals surface area contributed by atoms with Gasteiger partial charge in [0.05, 0.1) is 0 Å². The second kappa shape index (κ2) is 61.1. The Hall–Kier alpha value is -4.45. The molecule has 0 bridgehead atoms. The van der Waals surface area contributed by atoms with E-state index in [1.54, 1.807) is 0 Å². The molecule has 418 valence electrons. The van der Waals surface area contributed by atoms with Crippen molar-refractivity contribution < 1.29 is 28.6 Å². The third kappa shape index (κ3) is 58.4. The van der Waals surface area contributed by atoms with Crippen LogP contribution in [0, 0.1) is 0 Å². The van der Waals surface area contributed by atoms with Crippen LogP contribution in [0.3, 0.4) is 0 Å². The minimum atomic E-state index is -0.810. The van der Waals surface area contributed by atoms with Crippen molar-refractivity contribution in [1.29, 1.82) is 0 Å². The maximum atomic E-state index is 12.9. The largest absolute Gasteiger partial charge is 0.462 e. The Morgan fingerprint density at radius 1 is 0.284 bits per heavy atom. The van der Waals surface area contributed by atoms with Gasteiger partial charge in [-0.25, -0.2) is 0 Å². The van der Waals surface area contributed by atoms with Crippen LogP contribution < -0.4 is 0 Å². The van der Waals surface area contributed by atoms with E-state index in [9.17, 15) is 14.4 Å². The number of allylic oxidation sites excluding steroid dienone is 22. The van der Waals surface area contributed by atoms with Crippen LogP contribution in [0.15, 0.2) is 134 Å². The smallest absolute Gasteiger partial charge is 0.306 e. The standard InChI is InChI=1S/C68H110O6/c1-4-7-10-13-16-19-22-25-27-29-31-33-34-36-37-39-41-43-46-49-52-55-58-61-67(70)73-64-65(63-72-66(69)60-57-54-51-48-45-24-21-18-15-12-9-6-3)74-68(71)62-59-56-53-50-47-44-42-40-38-35-32-30-28-26-23-20-17-14-11-8-5-2/h7-8,10-11,16-17,19-20,25-28,31-33,35-37,41,43,49,52,65H,4-6,9,12-15,18,21-24,29-30,34,38-40,42,44-48,50-51,53-64H2,1-3H3/b10-7-,11-8-,19-16-,20-17-,27-25-,28-26-,33-31-,35-32-,37-36-,43-41-,52-49-. The van der Waals surface area contributed by atoms with Crippen LogP contribution in [0.5, 0.6) is 0 Å². The number of carbonyl (C=O) groups is 3. The van der Waals surface area contributed by atoms with Gasteiger partial charge in [-0.3, -0.25) is 14.4 Å². The van der Waals surface area contributed by atoms with E-state index < -0.39 is 6.10 Å². The van der Waals surface area contributed by atoms with Crippen LogP contribution in [0.4, 0.5) is 0 Å². The summed E-state index contributed by atoms with van der Waals surface area (Å²) in [5.74, 6) is -0.972. The quantitative estimate of drug-likeness (QED) is 0.0261. The molecule has 0 fully saturated rings. The molecule has 6 heteroatoms. The van der Waals surface area contributed by atoms with Crippen molar-refractivity contribution in [2.45, 2.75) is 264 Å². The molecule has 0 aliphatic carbocycles. The molecule has 6 nitrogen and oxygen atoms in total. The lowest BCUT2D eigenvalue weighted by Crippen LogP contribution is -2.30. The molecular formula is C68H110O6. The van der Waals surface area contributed by atoms with Crippen molar-refractivity contribution in [2.24, 2.45) is 0 Å². The molecule has 0 N–H and O–H groups in total. The molecule has 0 aliphatic rings. The maximum absolute atomic E-state index is 12.9. The number of esters is 3. The number of rotatable bonds is 53. The molecule has 74 heavy (non-hydrogen) atoms. The van der Waals surface area contributed by atoms with Crippen LogP contribution in [-0.2, 0) is 28.6 Å². The summed E-state index contributed by atoms with van der Waals surface area (Å²) >= 11 is 0. The summed E-state index contributed by atoms with van der Waals surface area (Å²) in [5, 5.41) is 0. The van der Waals surface area contributed by atoms with Crippen LogP contribution in [-0.4, -0.2) is 37.2 Å². The first-order valence-corrected chi connectivity index (χ1v) is 30.2. The molecule has 0 radical (unpaired) electrons. The van der Waals surface area contributed by atoms with E-state index >= 15 is 0 Å². The summed E-state index contributed by atoms with van der Waals surface area (Å²) in [6.45, 7) is 6.36. The average Bonchev–Trinajstić information content (AvgIpc) is 3.40. The molecule has 0 spiro atoms. The van der Waals surface area contributed by atoms with Gasteiger partial charge in [0.1, 0.15) is 13.2 Å². The Morgan fingerprint density at radius 3 is 0.878 bits per heavy atom. The molecule has 0 saturated heterocycles. The van der Waals surface area contributed by atoms with Gasteiger partial charge in [0, 0.05) is 19.3 Å². The molecule has 0 rings (SSSR count). The van der Waals surface area contributed by atoms with E-state index in [-0.39, 0.29) is 37.5 Å². The molecular weight excluding hydrogens is 913 g/mol. The van der Waals surface area contributed by atoms with E-state index in [0.717, 1.165) is 122 Å². The Kier molecular flexibility index (Phi) is 57.4. The third-order valence-corrected chi connectivity index (χ3v) is 12.4. The van der Waals surface area contributed by atoms with Gasteiger partial charge in [0.2, 0.25) is 0 Å². The monoisotopic (exact) mass is 1020 g/mol. The Labute approximate surface area is 455 Å². The Bertz CT molecular complexity index is 1600. The first-order chi connectivity index (χ1) is 36.5. The molecule has 0 aromatic rings. The Balaban J connectivity index is 4.47. The molecule has 0 aromatic heterocycles. The van der Waals surface area contributed by atoms with Crippen molar-refractivity contribution in [3.63, 3.8) is 0 Å². The van der Waals surface area contributed by atoms with Gasteiger partial charge in [-0.2, -0.15) is 0 Å². The van der Waals surface area contributed by atoms with Crippen molar-refractivity contribution in [1.82, 2.24) is 0 Å². The number of carbonyl (C=O) groups excluding carboxylic acids is 3. The summed E-state index contributed by atoms with van der Waals surface area (Å²) < 4.78 is 16.8. The lowest BCUT2D eigenvalue weighted by Gasteiger charge is -2.18. The predicted octanol–water partition coefficient (Wildman–Crippen LogP) is 20.6. The van der Waals surface area contributed by atoms with Gasteiger partial charge < -0.3 is 14.2 Å². The van der Waals surface area contributed by atoms with Crippen LogP contribution in [0.2, 0.25) is 0 Å². The number of ether oxygens (including phenoxy) is 3. The first-order valence-electron chi connectivity index (χ1n) is 30.2. The maximum Gasteiger partial charge on any atom is 0.306 e. The second-order valence-corrected chi connectivity index (χ2v) is 19.5. The fraction of sp³-hybridized carbons (Fsp3) is 0.632. The van der Waals surface area contributed by atoms with Crippen molar-refractivity contribution >= 4 is 17.9 Å². The topological polar surface area (TPSA) is 78.9 Å². The zero-order chi connectivity index (χ0) is 53.6. The van der Waals surface area contributed by atoms with Gasteiger partial charge in [-0.05, 0) is 109 Å². The summed E-state index contributed by atoms with van der Waals surface area (Å²) in [4.78, 5) is 38.2. The number of hydrogen-bond acceptors (Lipinski definition) is 6. The first kappa shape index (κ1) is 69.5. The highest BCUT2D eigenvalue weighted by Crippen LogP contribution is 2.15. The highest BCUT2D eigenvalue weighted by Gasteiger charge is 2.19. The summed E-state index contributed by atoms with van der Waals surface area (Å²) in [6.07, 6.45) is 85.9. The molecule has 0 saturated carbocycles. The minimum absolute atomic E-state index is 0.101. The Morgan fingerprint density at radius 2 is 0.541 bits per heavy atom. The summed E-state index contributed by atoms with van der Waals surface area (Å²) in [7, 11) is 0. The minimum Gasteiger partial charge on any atom is -0.462 e. The molecule has 1 atom stereocenters. The molecule has 0 heterocycles. The number of hydrogen-bond donors (Lipinski definition) is 0. The average molecular weight is 1020 g/mol. The molecule has 1 unspecified atom stereocenters. The van der Waals surface area contributed by atoms with Gasteiger partial charge in [-0.15, -0.1) is 0 Å². The number of unbranched alkanes of at least 4 members (excludes halogenated alkanes) is 20. The van der Waals surface area contributed by atoms with E-state index in [1.807, 2.05) is 0 Å². The van der Waals surface area contributed by atoms with Crippen LogP contribution in [0.1, 0.15) is 258 Å². The fourth-order valence-corrected chi connectivity index (χ4v) is 7.95. The fourth-order valence-electron chi connectivity index (χ4n) is 7.95. The van der Waals surface area contributed by atoms with E-state index in [4.69, 9.17) is 14.2 Å². The van der Waals surface area contributed by atoms with Crippen molar-refractivity contribution in [3.05, 3.63) is 134 Å². The zero-order valence-electron chi connectivity index (χ0n) is 47.8. The zero-order valence-corrected chi connectivity index (χ0v) is 47.8. The summed E-state index contributed by atoms with van der Waals surface area (Å²) in [6, 6.07) is 0.